The molecule has 1 N–H and O–H groups in total. The summed E-state index contributed by atoms with van der Waals surface area (Å²) in [6.07, 6.45) is 10.3. The largest absolute Gasteiger partial charge is 0.317 e. The Bertz CT molecular complexity index is 217. The molecular weight excluding hydrogens is 184 g/mol. The van der Waals surface area contributed by atoms with Crippen molar-refractivity contribution in [2.45, 2.75) is 50.5 Å². The lowest BCUT2D eigenvalue weighted by atomic mass is 9.74. The maximum Gasteiger partial charge on any atom is 0.0210 e. The Labute approximate surface area is 93.4 Å². The zero-order chi connectivity index (χ0) is 10.1. The highest BCUT2D eigenvalue weighted by Gasteiger charge is 2.45. The minimum Gasteiger partial charge on any atom is -0.317 e. The number of hydrogen-bond donors (Lipinski definition) is 1. The third kappa shape index (κ3) is 1.83. The summed E-state index contributed by atoms with van der Waals surface area (Å²) in [6.45, 7) is 5.31. The summed E-state index contributed by atoms with van der Waals surface area (Å²) in [6, 6.07) is 0. The van der Waals surface area contributed by atoms with Crippen LogP contribution in [0, 0.1) is 5.92 Å². The zero-order valence-corrected chi connectivity index (χ0v) is 9.80. The van der Waals surface area contributed by atoms with Crippen LogP contribution in [0.15, 0.2) is 0 Å². The van der Waals surface area contributed by atoms with E-state index in [0.717, 1.165) is 5.92 Å². The van der Waals surface area contributed by atoms with Crippen LogP contribution in [0.4, 0.5) is 0 Å². The van der Waals surface area contributed by atoms with Crippen LogP contribution in [-0.2, 0) is 0 Å². The normalized spacial score (nSPS) is 32.0. The standard InChI is InChI=1S/C13H24N2/c1-5-13(6-1)7-2-10-15(13)11-12-3-8-14-9-4-12/h12,14H,1-11H2. The Balaban J connectivity index is 1.57. The molecule has 1 spiro atoms. The van der Waals surface area contributed by atoms with Gasteiger partial charge in [-0.2, -0.15) is 0 Å². The van der Waals surface area contributed by atoms with E-state index in [0.29, 0.717) is 5.54 Å². The molecule has 1 saturated carbocycles. The molecule has 0 radical (unpaired) electrons. The summed E-state index contributed by atoms with van der Waals surface area (Å²) >= 11 is 0. The summed E-state index contributed by atoms with van der Waals surface area (Å²) in [4.78, 5) is 2.85. The molecular formula is C13H24N2. The Hall–Kier alpha value is -0.0800. The second-order valence-corrected chi connectivity index (χ2v) is 5.82. The van der Waals surface area contributed by atoms with E-state index in [9.17, 15) is 0 Å². The Morgan fingerprint density at radius 3 is 2.47 bits per heavy atom. The number of piperidine rings is 1. The van der Waals surface area contributed by atoms with Crippen LogP contribution in [0.5, 0.6) is 0 Å². The molecule has 3 aliphatic rings. The fourth-order valence-electron chi connectivity index (χ4n) is 3.81. The first-order chi connectivity index (χ1) is 7.39. The number of likely N-dealkylation sites (tertiary alicyclic amines) is 1. The van der Waals surface area contributed by atoms with Gasteiger partial charge in [0, 0.05) is 12.1 Å². The molecule has 2 nitrogen and oxygen atoms in total. The molecule has 0 aromatic rings. The van der Waals surface area contributed by atoms with E-state index in [1.54, 1.807) is 0 Å². The lowest BCUT2D eigenvalue weighted by molar-refractivity contribution is 0.0387. The first-order valence-corrected chi connectivity index (χ1v) is 6.85. The third-order valence-electron chi connectivity index (χ3n) is 4.96. The molecule has 0 aromatic heterocycles. The van der Waals surface area contributed by atoms with E-state index in [-0.39, 0.29) is 0 Å². The van der Waals surface area contributed by atoms with Gasteiger partial charge in [-0.05, 0) is 70.5 Å². The molecule has 0 amide bonds. The number of nitrogens with one attached hydrogen (secondary N) is 1. The van der Waals surface area contributed by atoms with Gasteiger partial charge < -0.3 is 5.32 Å². The molecule has 2 aliphatic heterocycles. The number of rotatable bonds is 2. The van der Waals surface area contributed by atoms with Crippen LogP contribution in [0.25, 0.3) is 0 Å². The van der Waals surface area contributed by atoms with Gasteiger partial charge in [0.2, 0.25) is 0 Å². The van der Waals surface area contributed by atoms with Crippen molar-refractivity contribution in [3.63, 3.8) is 0 Å². The fraction of sp³-hybridized carbons (Fsp3) is 1.00. The molecule has 0 aromatic carbocycles. The molecule has 15 heavy (non-hydrogen) atoms. The minimum atomic E-state index is 0.699. The molecule has 2 saturated heterocycles. The highest BCUT2D eigenvalue weighted by Crippen LogP contribution is 2.45. The van der Waals surface area contributed by atoms with Crippen molar-refractivity contribution in [3.8, 4) is 0 Å². The van der Waals surface area contributed by atoms with E-state index < -0.39 is 0 Å². The Morgan fingerprint density at radius 1 is 1.07 bits per heavy atom. The van der Waals surface area contributed by atoms with Crippen molar-refractivity contribution in [3.05, 3.63) is 0 Å². The maximum absolute atomic E-state index is 3.47. The quantitative estimate of drug-likeness (QED) is 0.747. The SMILES string of the molecule is C1CN(CC2CCNCC2)C2(C1)CCC2. The monoisotopic (exact) mass is 208 g/mol. The average molecular weight is 208 g/mol. The predicted octanol–water partition coefficient (Wildman–Crippen LogP) is 2.00. The average Bonchev–Trinajstić information content (AvgIpc) is 2.62. The van der Waals surface area contributed by atoms with E-state index in [1.807, 2.05) is 0 Å². The molecule has 1 aliphatic carbocycles. The topological polar surface area (TPSA) is 15.3 Å². The molecule has 0 bridgehead atoms. The first kappa shape index (κ1) is 10.1. The van der Waals surface area contributed by atoms with E-state index in [4.69, 9.17) is 0 Å². The van der Waals surface area contributed by atoms with Gasteiger partial charge in [0.1, 0.15) is 0 Å². The summed E-state index contributed by atoms with van der Waals surface area (Å²) in [7, 11) is 0. The lowest BCUT2D eigenvalue weighted by Gasteiger charge is -2.47. The minimum absolute atomic E-state index is 0.699. The predicted molar refractivity (Wildman–Crippen MR) is 63.0 cm³/mol. The summed E-state index contributed by atoms with van der Waals surface area (Å²) in [5, 5.41) is 3.47. The van der Waals surface area contributed by atoms with Crippen LogP contribution in [-0.4, -0.2) is 36.6 Å². The van der Waals surface area contributed by atoms with E-state index >= 15 is 0 Å². The first-order valence-electron chi connectivity index (χ1n) is 6.85. The summed E-state index contributed by atoms with van der Waals surface area (Å²) in [5.41, 5.74) is 0.699. The van der Waals surface area contributed by atoms with Gasteiger partial charge in [0.15, 0.2) is 0 Å². The second-order valence-electron chi connectivity index (χ2n) is 5.82. The summed E-state index contributed by atoms with van der Waals surface area (Å²) < 4.78 is 0. The second kappa shape index (κ2) is 4.06. The molecule has 0 unspecified atom stereocenters. The van der Waals surface area contributed by atoms with E-state index in [2.05, 4.69) is 10.2 Å². The van der Waals surface area contributed by atoms with Crippen molar-refractivity contribution in [2.75, 3.05) is 26.2 Å². The maximum atomic E-state index is 3.47. The van der Waals surface area contributed by atoms with Gasteiger partial charge in [-0.1, -0.05) is 0 Å². The molecule has 2 heteroatoms. The fourth-order valence-corrected chi connectivity index (χ4v) is 3.81. The van der Waals surface area contributed by atoms with Crippen LogP contribution in [0.2, 0.25) is 0 Å². The number of hydrogen-bond acceptors (Lipinski definition) is 2. The molecule has 3 fully saturated rings. The van der Waals surface area contributed by atoms with E-state index in [1.165, 1.54) is 71.1 Å². The molecule has 3 rings (SSSR count). The van der Waals surface area contributed by atoms with Crippen molar-refractivity contribution in [2.24, 2.45) is 5.92 Å². The zero-order valence-electron chi connectivity index (χ0n) is 9.80. The molecule has 2 heterocycles. The number of nitrogens with zero attached hydrogens (tertiary/aromatic N) is 1. The van der Waals surface area contributed by atoms with Crippen LogP contribution in [0.3, 0.4) is 0 Å². The third-order valence-corrected chi connectivity index (χ3v) is 4.96. The van der Waals surface area contributed by atoms with Crippen LogP contribution < -0.4 is 5.32 Å². The van der Waals surface area contributed by atoms with Gasteiger partial charge in [-0.15, -0.1) is 0 Å². The van der Waals surface area contributed by atoms with Crippen molar-refractivity contribution < 1.29 is 0 Å². The van der Waals surface area contributed by atoms with Crippen molar-refractivity contribution >= 4 is 0 Å². The van der Waals surface area contributed by atoms with Gasteiger partial charge in [0.25, 0.3) is 0 Å². The van der Waals surface area contributed by atoms with Crippen molar-refractivity contribution in [1.82, 2.24) is 10.2 Å². The van der Waals surface area contributed by atoms with Gasteiger partial charge in [-0.25, -0.2) is 0 Å². The van der Waals surface area contributed by atoms with Gasteiger partial charge in [-0.3, -0.25) is 4.90 Å². The highest BCUT2D eigenvalue weighted by molar-refractivity contribution is 5.02. The smallest absolute Gasteiger partial charge is 0.0210 e. The van der Waals surface area contributed by atoms with Gasteiger partial charge in [0.05, 0.1) is 0 Å². The van der Waals surface area contributed by atoms with Crippen LogP contribution >= 0.6 is 0 Å². The highest BCUT2D eigenvalue weighted by atomic mass is 15.2. The van der Waals surface area contributed by atoms with Crippen molar-refractivity contribution in [1.29, 1.82) is 0 Å². The van der Waals surface area contributed by atoms with Gasteiger partial charge >= 0.3 is 0 Å². The Kier molecular flexibility index (Phi) is 2.73. The molecule has 86 valence electrons. The lowest BCUT2D eigenvalue weighted by Crippen LogP contribution is -2.51. The molecule has 0 atom stereocenters. The Morgan fingerprint density at radius 2 is 1.80 bits per heavy atom. The summed E-state index contributed by atoms with van der Waals surface area (Å²) in [5.74, 6) is 0.988. The van der Waals surface area contributed by atoms with Crippen LogP contribution in [0.1, 0.15) is 44.9 Å².